The summed E-state index contributed by atoms with van der Waals surface area (Å²) in [5, 5.41) is 9.17. The predicted octanol–water partition coefficient (Wildman–Crippen LogP) is 8.70. The van der Waals surface area contributed by atoms with Crippen LogP contribution in [0.3, 0.4) is 0 Å². The van der Waals surface area contributed by atoms with Crippen LogP contribution < -0.4 is 9.47 Å². The summed E-state index contributed by atoms with van der Waals surface area (Å²) in [7, 11) is 1.53. The zero-order valence-corrected chi connectivity index (χ0v) is 23.2. The zero-order valence-electron chi connectivity index (χ0n) is 23.2. The van der Waals surface area contributed by atoms with Gasteiger partial charge in [0.15, 0.2) is 11.6 Å². The van der Waals surface area contributed by atoms with Gasteiger partial charge in [-0.05, 0) is 77.1 Å². The summed E-state index contributed by atoms with van der Waals surface area (Å²) in [5.41, 5.74) is 2.72. The molecule has 4 nitrogen and oxygen atoms in total. The Morgan fingerprint density at radius 2 is 1.74 bits per heavy atom. The van der Waals surface area contributed by atoms with Gasteiger partial charge in [0.05, 0.1) is 13.5 Å². The summed E-state index contributed by atoms with van der Waals surface area (Å²) in [4.78, 5) is 11.2. The minimum absolute atomic E-state index is 0.0132. The lowest BCUT2D eigenvalue weighted by Crippen LogP contribution is -2.15. The van der Waals surface area contributed by atoms with Gasteiger partial charge in [-0.1, -0.05) is 52.3 Å². The number of ether oxygens (including phenoxy) is 2. The van der Waals surface area contributed by atoms with Crippen molar-refractivity contribution in [3.8, 4) is 22.6 Å². The second-order valence-corrected chi connectivity index (χ2v) is 10.7. The highest BCUT2D eigenvalue weighted by Crippen LogP contribution is 2.37. The van der Waals surface area contributed by atoms with E-state index < -0.39 is 23.5 Å². The number of methoxy groups -OCH3 is 1. The standard InChI is InChI=1S/C32H37F3O4/c1-6-12-32(3,4)18-22-13-20(8-10-25(22)27-17-24(38-5)9-11-28(27)34)19-39-29-16-23(33)15-26(31(29)35)21(7-2)14-30(36)37/h8-11,13,15-17,21H,6-7,12,14,18-19H2,1-5H3,(H,36,37). The minimum atomic E-state index is -1.08. The molecule has 0 aromatic heterocycles. The van der Waals surface area contributed by atoms with Gasteiger partial charge in [-0.15, -0.1) is 0 Å². The molecule has 0 spiro atoms. The molecule has 39 heavy (non-hydrogen) atoms. The van der Waals surface area contributed by atoms with E-state index in [4.69, 9.17) is 9.47 Å². The molecule has 0 fully saturated rings. The van der Waals surface area contributed by atoms with Gasteiger partial charge in [-0.25, -0.2) is 13.2 Å². The molecule has 7 heteroatoms. The molecule has 0 saturated heterocycles. The van der Waals surface area contributed by atoms with Crippen molar-refractivity contribution in [2.75, 3.05) is 7.11 Å². The normalized spacial score (nSPS) is 12.3. The second kappa shape index (κ2) is 13.0. The lowest BCUT2D eigenvalue weighted by atomic mass is 9.79. The number of hydrogen-bond donors (Lipinski definition) is 1. The molecule has 0 radical (unpaired) electrons. The van der Waals surface area contributed by atoms with Crippen LogP contribution in [0.15, 0.2) is 48.5 Å². The molecule has 1 unspecified atom stereocenters. The Labute approximate surface area is 228 Å². The number of aliphatic carboxylic acids is 1. The van der Waals surface area contributed by atoms with E-state index in [-0.39, 0.29) is 35.6 Å². The molecule has 0 bridgehead atoms. The average Bonchev–Trinajstić information content (AvgIpc) is 2.88. The Hall–Kier alpha value is -3.48. The van der Waals surface area contributed by atoms with Gasteiger partial charge in [0.25, 0.3) is 0 Å². The van der Waals surface area contributed by atoms with Gasteiger partial charge < -0.3 is 14.6 Å². The number of carboxylic acids is 1. The lowest BCUT2D eigenvalue weighted by molar-refractivity contribution is -0.137. The van der Waals surface area contributed by atoms with Crippen LogP contribution in [-0.4, -0.2) is 18.2 Å². The fourth-order valence-electron chi connectivity index (χ4n) is 5.10. The molecule has 0 saturated carbocycles. The molecule has 3 aromatic carbocycles. The van der Waals surface area contributed by atoms with E-state index in [0.29, 0.717) is 29.7 Å². The number of carbonyl (C=O) groups is 1. The molecule has 3 aromatic rings. The van der Waals surface area contributed by atoms with Crippen LogP contribution in [0.1, 0.15) is 76.0 Å². The van der Waals surface area contributed by atoms with Crippen LogP contribution in [0.4, 0.5) is 13.2 Å². The van der Waals surface area contributed by atoms with Crippen molar-refractivity contribution in [1.82, 2.24) is 0 Å². The molecule has 0 aliphatic carbocycles. The van der Waals surface area contributed by atoms with Gasteiger partial charge >= 0.3 is 5.97 Å². The van der Waals surface area contributed by atoms with Crippen molar-refractivity contribution in [3.63, 3.8) is 0 Å². The summed E-state index contributed by atoms with van der Waals surface area (Å²) in [6.07, 6.45) is 2.67. The number of carboxylic acid groups (broad SMARTS) is 1. The molecule has 1 N–H and O–H groups in total. The molecular formula is C32H37F3O4. The van der Waals surface area contributed by atoms with E-state index in [1.807, 2.05) is 12.1 Å². The maximum absolute atomic E-state index is 15.3. The smallest absolute Gasteiger partial charge is 0.303 e. The second-order valence-electron chi connectivity index (χ2n) is 10.7. The predicted molar refractivity (Wildman–Crippen MR) is 147 cm³/mol. The first-order valence-corrected chi connectivity index (χ1v) is 13.3. The van der Waals surface area contributed by atoms with Crippen LogP contribution in [0.25, 0.3) is 11.1 Å². The Kier molecular flexibility index (Phi) is 10.1. The Balaban J connectivity index is 1.97. The van der Waals surface area contributed by atoms with E-state index >= 15 is 4.39 Å². The number of benzene rings is 3. The summed E-state index contributed by atoms with van der Waals surface area (Å²) in [6.45, 7) is 8.13. The van der Waals surface area contributed by atoms with Crippen molar-refractivity contribution >= 4 is 5.97 Å². The molecule has 3 rings (SSSR count). The van der Waals surface area contributed by atoms with Crippen LogP contribution >= 0.6 is 0 Å². The van der Waals surface area contributed by atoms with Crippen molar-refractivity contribution < 1.29 is 32.5 Å². The van der Waals surface area contributed by atoms with Crippen molar-refractivity contribution in [1.29, 1.82) is 0 Å². The molecule has 1 atom stereocenters. The number of halogens is 3. The molecule has 0 aliphatic heterocycles. The maximum Gasteiger partial charge on any atom is 0.303 e. The first-order chi connectivity index (χ1) is 18.5. The summed E-state index contributed by atoms with van der Waals surface area (Å²) >= 11 is 0. The number of rotatable bonds is 13. The van der Waals surface area contributed by atoms with Crippen molar-refractivity contribution in [2.24, 2.45) is 5.41 Å². The van der Waals surface area contributed by atoms with E-state index in [1.165, 1.54) is 13.2 Å². The fourth-order valence-corrected chi connectivity index (χ4v) is 5.10. The topological polar surface area (TPSA) is 55.8 Å². The largest absolute Gasteiger partial charge is 0.497 e. The molecular weight excluding hydrogens is 505 g/mol. The number of hydrogen-bond acceptors (Lipinski definition) is 3. The van der Waals surface area contributed by atoms with Gasteiger partial charge in [0, 0.05) is 11.6 Å². The Morgan fingerprint density at radius 1 is 1.00 bits per heavy atom. The first-order valence-electron chi connectivity index (χ1n) is 13.3. The molecule has 210 valence electrons. The highest BCUT2D eigenvalue weighted by molar-refractivity contribution is 5.70. The van der Waals surface area contributed by atoms with E-state index in [9.17, 15) is 18.7 Å². The summed E-state index contributed by atoms with van der Waals surface area (Å²) < 4.78 is 55.6. The third-order valence-corrected chi connectivity index (χ3v) is 7.01. The molecule has 0 amide bonds. The summed E-state index contributed by atoms with van der Waals surface area (Å²) in [5.74, 6) is -3.31. The first kappa shape index (κ1) is 30.1. The average molecular weight is 543 g/mol. The Bertz CT molecular complexity index is 1300. The monoisotopic (exact) mass is 542 g/mol. The lowest BCUT2D eigenvalue weighted by Gasteiger charge is -2.26. The quantitative estimate of drug-likeness (QED) is 0.235. The highest BCUT2D eigenvalue weighted by Gasteiger charge is 2.23. The minimum Gasteiger partial charge on any atom is -0.497 e. The molecule has 0 heterocycles. The van der Waals surface area contributed by atoms with E-state index in [0.717, 1.165) is 36.1 Å². The van der Waals surface area contributed by atoms with Crippen LogP contribution in [0.5, 0.6) is 11.5 Å². The van der Waals surface area contributed by atoms with Crippen LogP contribution in [-0.2, 0) is 17.8 Å². The van der Waals surface area contributed by atoms with Gasteiger partial charge in [0.2, 0.25) is 0 Å². The molecule has 0 aliphatic rings. The fraction of sp³-hybridized carbons (Fsp3) is 0.406. The zero-order chi connectivity index (χ0) is 28.7. The third kappa shape index (κ3) is 7.78. The van der Waals surface area contributed by atoms with E-state index in [1.54, 1.807) is 25.1 Å². The van der Waals surface area contributed by atoms with Gasteiger partial charge in [-0.2, -0.15) is 0 Å². The van der Waals surface area contributed by atoms with Gasteiger partial charge in [0.1, 0.15) is 24.0 Å². The third-order valence-electron chi connectivity index (χ3n) is 7.01. The van der Waals surface area contributed by atoms with Crippen LogP contribution in [0.2, 0.25) is 0 Å². The summed E-state index contributed by atoms with van der Waals surface area (Å²) in [6, 6.07) is 12.1. The highest BCUT2D eigenvalue weighted by atomic mass is 19.1. The van der Waals surface area contributed by atoms with Crippen LogP contribution in [0, 0.1) is 22.9 Å². The van der Waals surface area contributed by atoms with Crippen molar-refractivity contribution in [2.45, 2.75) is 72.3 Å². The maximum atomic E-state index is 15.3. The SMILES string of the molecule is CCCC(C)(C)Cc1cc(COc2cc(F)cc(C(CC)CC(=O)O)c2F)ccc1-c1cc(OC)ccc1F. The Morgan fingerprint density at radius 3 is 2.38 bits per heavy atom. The van der Waals surface area contributed by atoms with E-state index in [2.05, 4.69) is 20.8 Å². The van der Waals surface area contributed by atoms with Gasteiger partial charge in [-0.3, -0.25) is 4.79 Å². The van der Waals surface area contributed by atoms with Crippen molar-refractivity contribution in [3.05, 3.63) is 82.7 Å².